The molecule has 5 nitrogen and oxygen atoms in total. The number of imidazole rings is 1. The Labute approximate surface area is 93.4 Å². The third-order valence-corrected chi connectivity index (χ3v) is 3.11. The number of nitrogens with zero attached hydrogens (tertiary/aromatic N) is 2. The number of unbranched alkanes of at least 4 members (excludes halogenated alkanes) is 1. The SMILES string of the molecule is Cn1ccnc1SCCCCC(=O)NN. The summed E-state index contributed by atoms with van der Waals surface area (Å²) in [4.78, 5) is 15.0. The van der Waals surface area contributed by atoms with Gasteiger partial charge in [0.15, 0.2) is 5.16 Å². The number of amides is 1. The Morgan fingerprint density at radius 3 is 3.07 bits per heavy atom. The smallest absolute Gasteiger partial charge is 0.233 e. The summed E-state index contributed by atoms with van der Waals surface area (Å²) >= 11 is 1.70. The van der Waals surface area contributed by atoms with Crippen LogP contribution in [0.2, 0.25) is 0 Å². The summed E-state index contributed by atoms with van der Waals surface area (Å²) in [6.07, 6.45) is 6.05. The summed E-state index contributed by atoms with van der Waals surface area (Å²) in [6.45, 7) is 0. The van der Waals surface area contributed by atoms with E-state index in [1.807, 2.05) is 17.8 Å². The number of hydrogen-bond donors (Lipinski definition) is 2. The second-order valence-electron chi connectivity index (χ2n) is 3.19. The summed E-state index contributed by atoms with van der Waals surface area (Å²) in [5, 5.41) is 1.01. The van der Waals surface area contributed by atoms with Gasteiger partial charge in [-0.25, -0.2) is 10.8 Å². The summed E-state index contributed by atoms with van der Waals surface area (Å²) in [6, 6.07) is 0. The lowest BCUT2D eigenvalue weighted by Crippen LogP contribution is -2.29. The van der Waals surface area contributed by atoms with Crippen molar-refractivity contribution in [3.63, 3.8) is 0 Å². The highest BCUT2D eigenvalue weighted by molar-refractivity contribution is 7.99. The van der Waals surface area contributed by atoms with Crippen molar-refractivity contribution in [1.29, 1.82) is 0 Å². The molecule has 0 aliphatic heterocycles. The molecule has 0 unspecified atom stereocenters. The molecule has 15 heavy (non-hydrogen) atoms. The first-order chi connectivity index (χ1) is 7.24. The predicted octanol–water partition coefficient (Wildman–Crippen LogP) is 0.672. The lowest BCUT2D eigenvalue weighted by atomic mass is 10.2. The molecular formula is C9H16N4OS. The molecule has 0 saturated carbocycles. The van der Waals surface area contributed by atoms with Crippen molar-refractivity contribution in [1.82, 2.24) is 15.0 Å². The minimum Gasteiger partial charge on any atom is -0.329 e. The zero-order chi connectivity index (χ0) is 11.1. The average molecular weight is 228 g/mol. The molecule has 0 aliphatic rings. The summed E-state index contributed by atoms with van der Waals surface area (Å²) in [5.74, 6) is 5.84. The number of nitrogens with two attached hydrogens (primary N) is 1. The molecule has 0 radical (unpaired) electrons. The highest BCUT2D eigenvalue weighted by Crippen LogP contribution is 2.16. The maximum Gasteiger partial charge on any atom is 0.233 e. The second-order valence-corrected chi connectivity index (χ2v) is 4.26. The minimum absolute atomic E-state index is 0.100. The van der Waals surface area contributed by atoms with Gasteiger partial charge in [-0.1, -0.05) is 11.8 Å². The normalized spacial score (nSPS) is 10.3. The largest absolute Gasteiger partial charge is 0.329 e. The molecule has 1 aromatic rings. The number of aryl methyl sites for hydroxylation is 1. The van der Waals surface area contributed by atoms with Gasteiger partial charge in [0.25, 0.3) is 0 Å². The van der Waals surface area contributed by atoms with Gasteiger partial charge in [0, 0.05) is 31.6 Å². The number of aromatic nitrogens is 2. The van der Waals surface area contributed by atoms with Crippen molar-refractivity contribution in [3.8, 4) is 0 Å². The maximum absolute atomic E-state index is 10.8. The molecule has 6 heteroatoms. The van der Waals surface area contributed by atoms with Crippen LogP contribution in [0.3, 0.4) is 0 Å². The summed E-state index contributed by atoms with van der Waals surface area (Å²) in [7, 11) is 1.97. The van der Waals surface area contributed by atoms with Gasteiger partial charge in [0.05, 0.1) is 0 Å². The molecule has 0 bridgehead atoms. The van der Waals surface area contributed by atoms with Crippen LogP contribution in [-0.2, 0) is 11.8 Å². The minimum atomic E-state index is -0.100. The number of carbonyl (C=O) groups excluding carboxylic acids is 1. The number of thioether (sulfide) groups is 1. The Kier molecular flexibility index (Phi) is 5.20. The lowest BCUT2D eigenvalue weighted by molar-refractivity contribution is -0.121. The van der Waals surface area contributed by atoms with E-state index in [1.165, 1.54) is 0 Å². The third kappa shape index (κ3) is 4.35. The van der Waals surface area contributed by atoms with Crippen molar-refractivity contribution in [2.45, 2.75) is 24.4 Å². The van der Waals surface area contributed by atoms with Crippen LogP contribution in [0.5, 0.6) is 0 Å². The van der Waals surface area contributed by atoms with E-state index in [4.69, 9.17) is 5.84 Å². The van der Waals surface area contributed by atoms with Crippen molar-refractivity contribution < 1.29 is 4.79 Å². The van der Waals surface area contributed by atoms with E-state index in [1.54, 1.807) is 18.0 Å². The second kappa shape index (κ2) is 6.47. The van der Waals surface area contributed by atoms with Gasteiger partial charge >= 0.3 is 0 Å². The van der Waals surface area contributed by atoms with Gasteiger partial charge in [-0.3, -0.25) is 10.2 Å². The van der Waals surface area contributed by atoms with Gasteiger partial charge in [-0.05, 0) is 12.8 Å². The van der Waals surface area contributed by atoms with Gasteiger partial charge in [-0.15, -0.1) is 0 Å². The van der Waals surface area contributed by atoms with Crippen LogP contribution in [0.4, 0.5) is 0 Å². The first-order valence-electron chi connectivity index (χ1n) is 4.83. The monoisotopic (exact) mass is 228 g/mol. The fourth-order valence-corrected chi connectivity index (χ4v) is 2.05. The van der Waals surface area contributed by atoms with Crippen LogP contribution in [0, 0.1) is 0 Å². The highest BCUT2D eigenvalue weighted by atomic mass is 32.2. The molecule has 0 aromatic carbocycles. The van der Waals surface area contributed by atoms with Gasteiger partial charge in [0.2, 0.25) is 5.91 Å². The van der Waals surface area contributed by atoms with Crippen molar-refractivity contribution in [3.05, 3.63) is 12.4 Å². The number of hydrazine groups is 1. The van der Waals surface area contributed by atoms with E-state index in [2.05, 4.69) is 10.4 Å². The zero-order valence-electron chi connectivity index (χ0n) is 8.77. The van der Waals surface area contributed by atoms with Crippen molar-refractivity contribution in [2.24, 2.45) is 12.9 Å². The number of hydrogen-bond acceptors (Lipinski definition) is 4. The molecule has 1 heterocycles. The van der Waals surface area contributed by atoms with E-state index in [0.29, 0.717) is 6.42 Å². The molecule has 0 atom stereocenters. The van der Waals surface area contributed by atoms with Gasteiger partial charge < -0.3 is 4.57 Å². The van der Waals surface area contributed by atoms with E-state index >= 15 is 0 Å². The molecule has 1 rings (SSSR count). The average Bonchev–Trinajstić information content (AvgIpc) is 2.63. The molecule has 3 N–H and O–H groups in total. The number of carbonyl (C=O) groups is 1. The highest BCUT2D eigenvalue weighted by Gasteiger charge is 2.01. The maximum atomic E-state index is 10.8. The Hall–Kier alpha value is -1.01. The summed E-state index contributed by atoms with van der Waals surface area (Å²) in [5.41, 5.74) is 2.12. The molecule has 0 spiro atoms. The van der Waals surface area contributed by atoms with Crippen LogP contribution in [0.15, 0.2) is 17.6 Å². The lowest BCUT2D eigenvalue weighted by Gasteiger charge is -2.01. The van der Waals surface area contributed by atoms with Crippen LogP contribution in [0.1, 0.15) is 19.3 Å². The van der Waals surface area contributed by atoms with Gasteiger partial charge in [-0.2, -0.15) is 0 Å². The number of nitrogens with one attached hydrogen (secondary N) is 1. The quantitative estimate of drug-likeness (QED) is 0.247. The van der Waals surface area contributed by atoms with E-state index < -0.39 is 0 Å². The van der Waals surface area contributed by atoms with Gasteiger partial charge in [0.1, 0.15) is 0 Å². The molecule has 0 aliphatic carbocycles. The molecule has 84 valence electrons. The fourth-order valence-electron chi connectivity index (χ4n) is 1.11. The number of rotatable bonds is 6. The summed E-state index contributed by atoms with van der Waals surface area (Å²) < 4.78 is 1.98. The third-order valence-electron chi connectivity index (χ3n) is 1.97. The fraction of sp³-hybridized carbons (Fsp3) is 0.556. The topological polar surface area (TPSA) is 72.9 Å². The Balaban J connectivity index is 2.07. The first-order valence-corrected chi connectivity index (χ1v) is 5.82. The van der Waals surface area contributed by atoms with E-state index in [9.17, 15) is 4.79 Å². The molecular weight excluding hydrogens is 212 g/mol. The predicted molar refractivity (Wildman–Crippen MR) is 60.1 cm³/mol. The van der Waals surface area contributed by atoms with Crippen LogP contribution in [-0.4, -0.2) is 21.2 Å². The first kappa shape index (κ1) is 12.1. The van der Waals surface area contributed by atoms with E-state index in [-0.39, 0.29) is 5.91 Å². The van der Waals surface area contributed by atoms with E-state index in [0.717, 1.165) is 23.8 Å². The van der Waals surface area contributed by atoms with Crippen molar-refractivity contribution in [2.75, 3.05) is 5.75 Å². The molecule has 1 aromatic heterocycles. The van der Waals surface area contributed by atoms with Crippen LogP contribution in [0.25, 0.3) is 0 Å². The Morgan fingerprint density at radius 1 is 1.67 bits per heavy atom. The molecule has 0 fully saturated rings. The molecule has 1 amide bonds. The van der Waals surface area contributed by atoms with Crippen LogP contribution < -0.4 is 11.3 Å². The standard InChI is InChI=1S/C9H16N4OS/c1-13-6-5-11-9(13)15-7-3-2-4-8(14)12-10/h5-6H,2-4,7,10H2,1H3,(H,12,14). The zero-order valence-corrected chi connectivity index (χ0v) is 9.59. The van der Waals surface area contributed by atoms with Crippen molar-refractivity contribution >= 4 is 17.7 Å². The molecule has 0 saturated heterocycles. The van der Waals surface area contributed by atoms with Crippen LogP contribution >= 0.6 is 11.8 Å². The Bertz CT molecular complexity index is 313. The Morgan fingerprint density at radius 2 is 2.47 bits per heavy atom.